The fourth-order valence-electron chi connectivity index (χ4n) is 1.69. The molecule has 1 N–H and O–H groups in total. The molecule has 19 heavy (non-hydrogen) atoms. The summed E-state index contributed by atoms with van der Waals surface area (Å²) in [5.74, 6) is 0.417. The maximum Gasteiger partial charge on any atom is 0.241 e. The van der Waals surface area contributed by atoms with Gasteiger partial charge in [-0.05, 0) is 39.9 Å². The van der Waals surface area contributed by atoms with Crippen LogP contribution < -0.4 is 4.72 Å². The first-order valence-corrected chi connectivity index (χ1v) is 8.82. The van der Waals surface area contributed by atoms with Crippen molar-refractivity contribution in [2.24, 2.45) is 5.41 Å². The molecule has 0 saturated carbocycles. The molecule has 108 valence electrons. The molecule has 1 unspecified atom stereocenters. The van der Waals surface area contributed by atoms with Crippen LogP contribution in [0.25, 0.3) is 0 Å². The highest BCUT2D eigenvalue weighted by molar-refractivity contribution is 9.10. The molecule has 0 fully saturated rings. The maximum absolute atomic E-state index is 12.4. The minimum Gasteiger partial charge on any atom is -0.207 e. The zero-order valence-corrected chi connectivity index (χ0v) is 14.4. The Morgan fingerprint density at radius 3 is 2.37 bits per heavy atom. The van der Waals surface area contributed by atoms with E-state index in [1.54, 1.807) is 24.3 Å². The lowest BCUT2D eigenvalue weighted by atomic mass is 9.86. The number of sulfonamides is 1. The highest BCUT2D eigenvalue weighted by Crippen LogP contribution is 2.26. The summed E-state index contributed by atoms with van der Waals surface area (Å²) in [7, 11) is -3.55. The molecule has 1 aromatic carbocycles. The van der Waals surface area contributed by atoms with Gasteiger partial charge in [-0.25, -0.2) is 13.1 Å². The number of benzene rings is 1. The van der Waals surface area contributed by atoms with Gasteiger partial charge in [0, 0.05) is 16.4 Å². The normalized spacial score (nSPS) is 14.4. The summed E-state index contributed by atoms with van der Waals surface area (Å²) in [6, 6.07) is 6.56. The van der Waals surface area contributed by atoms with E-state index in [9.17, 15) is 8.42 Å². The number of hydrogen-bond acceptors (Lipinski definition) is 2. The molecule has 0 heterocycles. The fourth-order valence-corrected chi connectivity index (χ4v) is 4.39. The molecule has 3 nitrogen and oxygen atoms in total. The van der Waals surface area contributed by atoms with Crippen molar-refractivity contribution in [1.82, 2.24) is 4.72 Å². The topological polar surface area (TPSA) is 46.2 Å². The summed E-state index contributed by atoms with van der Waals surface area (Å²) in [5, 5.41) is 0. The standard InChI is InChI=1S/C13H19BrClNO2S/c1-13(2,3)12(8-9-15)16-19(17,18)11-7-5-4-6-10(11)14/h4-7,12,16H,8-9H2,1-3H3. The van der Waals surface area contributed by atoms with E-state index in [1.165, 1.54) is 0 Å². The Kier molecular flexibility index (Phi) is 5.86. The molecule has 0 aliphatic heterocycles. The predicted molar refractivity (Wildman–Crippen MR) is 83.0 cm³/mol. The number of alkyl halides is 1. The summed E-state index contributed by atoms with van der Waals surface area (Å²) in [6.07, 6.45) is 0.592. The van der Waals surface area contributed by atoms with Gasteiger partial charge in [0.1, 0.15) is 0 Å². The molecule has 1 rings (SSSR count). The fraction of sp³-hybridized carbons (Fsp3) is 0.538. The minimum atomic E-state index is -3.55. The third-order valence-corrected chi connectivity index (χ3v) is 5.57. The van der Waals surface area contributed by atoms with Crippen LogP contribution in [0.3, 0.4) is 0 Å². The predicted octanol–water partition coefficient (Wildman–Crippen LogP) is 3.77. The molecule has 0 saturated heterocycles. The Balaban J connectivity index is 3.05. The van der Waals surface area contributed by atoms with E-state index >= 15 is 0 Å². The monoisotopic (exact) mass is 367 g/mol. The number of rotatable bonds is 5. The van der Waals surface area contributed by atoms with Crippen LogP contribution >= 0.6 is 27.5 Å². The molecular formula is C13H19BrClNO2S. The van der Waals surface area contributed by atoms with Crippen molar-refractivity contribution >= 4 is 37.6 Å². The van der Waals surface area contributed by atoms with Gasteiger partial charge in [0.2, 0.25) is 10.0 Å². The Labute approximate surface area is 128 Å². The first-order valence-electron chi connectivity index (χ1n) is 6.01. The molecule has 0 amide bonds. The molecule has 0 bridgehead atoms. The van der Waals surface area contributed by atoms with Gasteiger partial charge >= 0.3 is 0 Å². The number of halogens is 2. The average Bonchev–Trinajstić information content (AvgIpc) is 2.27. The van der Waals surface area contributed by atoms with Gasteiger partial charge in [-0.15, -0.1) is 11.6 Å². The van der Waals surface area contributed by atoms with Crippen LogP contribution in [-0.2, 0) is 10.0 Å². The minimum absolute atomic E-state index is 0.191. The first-order chi connectivity index (χ1) is 8.68. The number of nitrogens with one attached hydrogen (secondary N) is 1. The van der Waals surface area contributed by atoms with E-state index in [0.29, 0.717) is 16.8 Å². The SMILES string of the molecule is CC(C)(C)C(CCCl)NS(=O)(=O)c1ccccc1Br. The van der Waals surface area contributed by atoms with Crippen molar-refractivity contribution in [3.63, 3.8) is 0 Å². The van der Waals surface area contributed by atoms with Crippen LogP contribution in [0.1, 0.15) is 27.2 Å². The lowest BCUT2D eigenvalue weighted by Crippen LogP contribution is -2.44. The van der Waals surface area contributed by atoms with Gasteiger partial charge in [-0.1, -0.05) is 32.9 Å². The van der Waals surface area contributed by atoms with E-state index in [0.717, 1.165) is 0 Å². The van der Waals surface area contributed by atoms with Crippen LogP contribution in [0.4, 0.5) is 0 Å². The number of hydrogen-bond donors (Lipinski definition) is 1. The van der Waals surface area contributed by atoms with Crippen LogP contribution in [0, 0.1) is 5.41 Å². The summed E-state index contributed by atoms with van der Waals surface area (Å²) < 4.78 is 28.1. The second-order valence-corrected chi connectivity index (χ2v) is 8.36. The van der Waals surface area contributed by atoms with Crippen molar-refractivity contribution in [1.29, 1.82) is 0 Å². The maximum atomic E-state index is 12.4. The van der Waals surface area contributed by atoms with Crippen molar-refractivity contribution in [2.75, 3.05) is 5.88 Å². The van der Waals surface area contributed by atoms with E-state index in [1.807, 2.05) is 20.8 Å². The van der Waals surface area contributed by atoms with Gasteiger partial charge in [0.25, 0.3) is 0 Å². The third kappa shape index (κ3) is 4.74. The Bertz CT molecular complexity index is 526. The van der Waals surface area contributed by atoms with Crippen molar-refractivity contribution in [3.8, 4) is 0 Å². The highest BCUT2D eigenvalue weighted by Gasteiger charge is 2.29. The van der Waals surface area contributed by atoms with E-state index < -0.39 is 10.0 Å². The zero-order chi connectivity index (χ0) is 14.7. The molecule has 0 aliphatic rings. The van der Waals surface area contributed by atoms with Gasteiger partial charge in [0.15, 0.2) is 0 Å². The van der Waals surface area contributed by atoms with Crippen LogP contribution in [-0.4, -0.2) is 20.3 Å². The van der Waals surface area contributed by atoms with Crippen LogP contribution in [0.5, 0.6) is 0 Å². The molecular weight excluding hydrogens is 350 g/mol. The summed E-state index contributed by atoms with van der Waals surface area (Å²) in [6.45, 7) is 5.98. The lowest BCUT2D eigenvalue weighted by Gasteiger charge is -2.31. The van der Waals surface area contributed by atoms with Crippen molar-refractivity contribution < 1.29 is 8.42 Å². The Morgan fingerprint density at radius 2 is 1.89 bits per heavy atom. The smallest absolute Gasteiger partial charge is 0.207 e. The Hall–Kier alpha value is -0.100. The summed E-state index contributed by atoms with van der Waals surface area (Å²) in [5.41, 5.74) is -0.191. The van der Waals surface area contributed by atoms with Crippen LogP contribution in [0.2, 0.25) is 0 Å². The van der Waals surface area contributed by atoms with E-state index in [2.05, 4.69) is 20.7 Å². The van der Waals surface area contributed by atoms with Gasteiger partial charge in [0.05, 0.1) is 4.90 Å². The van der Waals surface area contributed by atoms with E-state index in [4.69, 9.17) is 11.6 Å². The van der Waals surface area contributed by atoms with Gasteiger partial charge < -0.3 is 0 Å². The second kappa shape index (κ2) is 6.57. The van der Waals surface area contributed by atoms with Gasteiger partial charge in [-0.2, -0.15) is 0 Å². The molecule has 0 aliphatic carbocycles. The molecule has 1 aromatic rings. The van der Waals surface area contributed by atoms with E-state index in [-0.39, 0.29) is 16.4 Å². The van der Waals surface area contributed by atoms with Crippen molar-refractivity contribution in [3.05, 3.63) is 28.7 Å². The lowest BCUT2D eigenvalue weighted by molar-refractivity contribution is 0.292. The summed E-state index contributed by atoms with van der Waals surface area (Å²) >= 11 is 9.03. The Morgan fingerprint density at radius 1 is 1.32 bits per heavy atom. The molecule has 0 spiro atoms. The molecule has 6 heteroatoms. The quantitative estimate of drug-likeness (QED) is 0.804. The van der Waals surface area contributed by atoms with Crippen LogP contribution in [0.15, 0.2) is 33.6 Å². The third-order valence-electron chi connectivity index (χ3n) is 2.87. The zero-order valence-electron chi connectivity index (χ0n) is 11.3. The van der Waals surface area contributed by atoms with Gasteiger partial charge in [-0.3, -0.25) is 0 Å². The second-order valence-electron chi connectivity index (χ2n) is 5.45. The van der Waals surface area contributed by atoms with Crippen molar-refractivity contribution in [2.45, 2.75) is 38.1 Å². The average molecular weight is 369 g/mol. The first kappa shape index (κ1) is 17.0. The molecule has 0 aromatic heterocycles. The molecule has 1 atom stereocenters. The molecule has 0 radical (unpaired) electrons. The largest absolute Gasteiger partial charge is 0.241 e. The highest BCUT2D eigenvalue weighted by atomic mass is 79.9. The summed E-state index contributed by atoms with van der Waals surface area (Å²) in [4.78, 5) is 0.249.